The molecule has 0 radical (unpaired) electrons. The average molecular weight is 487 g/mol. The first-order valence-electron chi connectivity index (χ1n) is 9.79. The highest BCUT2D eigenvalue weighted by atomic mass is 127. The Hall–Kier alpha value is -1.38. The third-order valence-corrected chi connectivity index (χ3v) is 4.85. The number of aliphatic imine (C=N–C) groups is 1. The van der Waals surface area contributed by atoms with E-state index in [0.29, 0.717) is 24.1 Å². The fraction of sp³-hybridized carbons (Fsp3) is 0.650. The third kappa shape index (κ3) is 7.63. The maximum Gasteiger partial charge on any atom is 0.252 e. The fourth-order valence-electron chi connectivity index (χ4n) is 3.66. The summed E-state index contributed by atoms with van der Waals surface area (Å²) >= 11 is 0. The van der Waals surface area contributed by atoms with E-state index in [1.54, 1.807) is 24.5 Å². The lowest BCUT2D eigenvalue weighted by Crippen LogP contribution is -2.50. The summed E-state index contributed by atoms with van der Waals surface area (Å²) in [5.74, 6) is 0.858. The van der Waals surface area contributed by atoms with E-state index in [-0.39, 0.29) is 29.9 Å². The van der Waals surface area contributed by atoms with Crippen LogP contribution in [0.3, 0.4) is 0 Å². The molecule has 1 amide bonds. The number of halogens is 1. The molecule has 2 N–H and O–H groups in total. The van der Waals surface area contributed by atoms with Gasteiger partial charge in [0, 0.05) is 38.6 Å². The van der Waals surface area contributed by atoms with Crippen molar-refractivity contribution in [3.63, 3.8) is 0 Å². The standard InChI is InChI=1S/C20H33N5O.HI/c1-4-9-20(3)10-7-14-25(16-20)19(22-5-2)24-13-12-23-18(26)17-8-6-11-21-15-17;/h6,8,11,15H,4-5,7,9-10,12-14,16H2,1-3H3,(H,22,24)(H,23,26);1H. The van der Waals surface area contributed by atoms with Crippen molar-refractivity contribution in [2.75, 3.05) is 32.7 Å². The summed E-state index contributed by atoms with van der Waals surface area (Å²) < 4.78 is 0. The minimum atomic E-state index is -0.105. The van der Waals surface area contributed by atoms with Crippen LogP contribution in [0.4, 0.5) is 0 Å². The Balaban J connectivity index is 0.00000364. The van der Waals surface area contributed by atoms with Gasteiger partial charge in [0.2, 0.25) is 0 Å². The quantitative estimate of drug-likeness (QED) is 0.268. The van der Waals surface area contributed by atoms with Gasteiger partial charge in [-0.3, -0.25) is 14.8 Å². The molecule has 6 nitrogen and oxygen atoms in total. The van der Waals surface area contributed by atoms with Crippen molar-refractivity contribution in [1.29, 1.82) is 0 Å². The van der Waals surface area contributed by atoms with Crippen LogP contribution in [0.25, 0.3) is 0 Å². The molecular formula is C20H34IN5O. The van der Waals surface area contributed by atoms with Crippen molar-refractivity contribution >= 4 is 35.8 Å². The van der Waals surface area contributed by atoms with Crippen LogP contribution in [-0.4, -0.2) is 54.5 Å². The summed E-state index contributed by atoms with van der Waals surface area (Å²) in [7, 11) is 0. The van der Waals surface area contributed by atoms with Gasteiger partial charge in [-0.2, -0.15) is 0 Å². The normalized spacial score (nSPS) is 20.0. The Morgan fingerprint density at radius 3 is 2.85 bits per heavy atom. The molecule has 0 aromatic carbocycles. The van der Waals surface area contributed by atoms with Crippen LogP contribution in [0.5, 0.6) is 0 Å². The minimum Gasteiger partial charge on any atom is -0.357 e. The maximum absolute atomic E-state index is 12.0. The molecule has 1 saturated heterocycles. The van der Waals surface area contributed by atoms with E-state index in [1.165, 1.54) is 25.7 Å². The van der Waals surface area contributed by atoms with E-state index in [9.17, 15) is 4.79 Å². The number of aromatic nitrogens is 1. The first-order valence-corrected chi connectivity index (χ1v) is 9.79. The number of carbonyl (C=O) groups is 1. The summed E-state index contributed by atoms with van der Waals surface area (Å²) in [5, 5.41) is 6.31. The lowest BCUT2D eigenvalue weighted by molar-refractivity contribution is 0.0954. The average Bonchev–Trinajstić information content (AvgIpc) is 2.64. The molecule has 1 unspecified atom stereocenters. The molecule has 2 rings (SSSR count). The van der Waals surface area contributed by atoms with E-state index in [0.717, 1.165) is 25.6 Å². The second-order valence-corrected chi connectivity index (χ2v) is 7.32. The molecule has 7 heteroatoms. The van der Waals surface area contributed by atoms with Crippen LogP contribution < -0.4 is 10.6 Å². The Kier molecular flexibility index (Phi) is 10.6. The number of pyridine rings is 1. The molecule has 27 heavy (non-hydrogen) atoms. The van der Waals surface area contributed by atoms with E-state index in [4.69, 9.17) is 4.99 Å². The lowest BCUT2D eigenvalue weighted by atomic mass is 9.78. The number of carbonyl (C=O) groups excluding carboxylic acids is 1. The summed E-state index contributed by atoms with van der Waals surface area (Å²) in [5.41, 5.74) is 0.951. The number of likely N-dealkylation sites (tertiary alicyclic amines) is 1. The molecule has 0 bridgehead atoms. The van der Waals surface area contributed by atoms with E-state index in [1.807, 2.05) is 0 Å². The SMILES string of the molecule is CCCC1(C)CCCN(C(=NCCNC(=O)c2cccnc2)NCC)C1.I. The number of amides is 1. The van der Waals surface area contributed by atoms with Gasteiger partial charge in [-0.05, 0) is 43.7 Å². The van der Waals surface area contributed by atoms with Crippen LogP contribution in [0.2, 0.25) is 0 Å². The number of nitrogens with one attached hydrogen (secondary N) is 2. The zero-order chi connectivity index (χ0) is 18.8. The zero-order valence-corrected chi connectivity index (χ0v) is 19.2. The van der Waals surface area contributed by atoms with Gasteiger partial charge in [0.05, 0.1) is 12.1 Å². The van der Waals surface area contributed by atoms with Crippen LogP contribution in [0.1, 0.15) is 56.8 Å². The van der Waals surface area contributed by atoms with E-state index < -0.39 is 0 Å². The number of hydrogen-bond acceptors (Lipinski definition) is 3. The van der Waals surface area contributed by atoms with Gasteiger partial charge in [0.15, 0.2) is 5.96 Å². The summed E-state index contributed by atoms with van der Waals surface area (Å²) in [6.45, 7) is 10.8. The molecule has 0 saturated carbocycles. The monoisotopic (exact) mass is 487 g/mol. The Labute approximate surface area is 180 Å². The molecule has 1 aromatic rings. The second-order valence-electron chi connectivity index (χ2n) is 7.32. The molecular weight excluding hydrogens is 453 g/mol. The molecule has 0 aliphatic carbocycles. The van der Waals surface area contributed by atoms with Crippen LogP contribution in [0.15, 0.2) is 29.5 Å². The largest absolute Gasteiger partial charge is 0.357 e. The summed E-state index contributed by atoms with van der Waals surface area (Å²) in [6.07, 6.45) is 8.21. The van der Waals surface area contributed by atoms with Gasteiger partial charge in [-0.15, -0.1) is 24.0 Å². The highest BCUT2D eigenvalue weighted by Crippen LogP contribution is 2.33. The van der Waals surface area contributed by atoms with Gasteiger partial charge >= 0.3 is 0 Å². The lowest BCUT2D eigenvalue weighted by Gasteiger charge is -2.42. The number of guanidine groups is 1. The molecule has 1 aliphatic rings. The van der Waals surface area contributed by atoms with Gasteiger partial charge in [-0.1, -0.05) is 20.3 Å². The summed E-state index contributed by atoms with van der Waals surface area (Å²) in [6, 6.07) is 3.53. The topological polar surface area (TPSA) is 69.6 Å². The van der Waals surface area contributed by atoms with Crippen molar-refractivity contribution < 1.29 is 4.79 Å². The van der Waals surface area contributed by atoms with Crippen molar-refractivity contribution in [3.8, 4) is 0 Å². The van der Waals surface area contributed by atoms with Gasteiger partial charge in [0.1, 0.15) is 0 Å². The molecule has 1 aliphatic heterocycles. The first kappa shape index (κ1) is 23.7. The van der Waals surface area contributed by atoms with E-state index in [2.05, 4.69) is 41.3 Å². The first-order chi connectivity index (χ1) is 12.6. The minimum absolute atomic E-state index is 0. The Morgan fingerprint density at radius 1 is 1.37 bits per heavy atom. The zero-order valence-electron chi connectivity index (χ0n) is 16.8. The number of nitrogens with zero attached hydrogens (tertiary/aromatic N) is 3. The predicted octanol–water partition coefficient (Wildman–Crippen LogP) is 3.30. The maximum atomic E-state index is 12.0. The second kappa shape index (κ2) is 12.2. The highest BCUT2D eigenvalue weighted by molar-refractivity contribution is 14.0. The van der Waals surface area contributed by atoms with Gasteiger partial charge < -0.3 is 15.5 Å². The molecule has 1 aromatic heterocycles. The number of piperidine rings is 1. The Morgan fingerprint density at radius 2 is 2.19 bits per heavy atom. The Bertz CT molecular complexity index is 591. The predicted molar refractivity (Wildman–Crippen MR) is 122 cm³/mol. The smallest absolute Gasteiger partial charge is 0.252 e. The molecule has 2 heterocycles. The van der Waals surface area contributed by atoms with E-state index >= 15 is 0 Å². The van der Waals surface area contributed by atoms with Crippen molar-refractivity contribution in [1.82, 2.24) is 20.5 Å². The van der Waals surface area contributed by atoms with Crippen molar-refractivity contribution in [3.05, 3.63) is 30.1 Å². The molecule has 1 fully saturated rings. The van der Waals surface area contributed by atoms with Crippen molar-refractivity contribution in [2.24, 2.45) is 10.4 Å². The van der Waals surface area contributed by atoms with Crippen LogP contribution in [-0.2, 0) is 0 Å². The van der Waals surface area contributed by atoms with Gasteiger partial charge in [-0.25, -0.2) is 0 Å². The molecule has 1 atom stereocenters. The van der Waals surface area contributed by atoms with Crippen molar-refractivity contribution in [2.45, 2.75) is 46.5 Å². The summed E-state index contributed by atoms with van der Waals surface area (Å²) in [4.78, 5) is 23.1. The van der Waals surface area contributed by atoms with Gasteiger partial charge in [0.25, 0.3) is 5.91 Å². The number of hydrogen-bond donors (Lipinski definition) is 2. The van der Waals surface area contributed by atoms with Crippen LogP contribution >= 0.6 is 24.0 Å². The third-order valence-electron chi connectivity index (χ3n) is 4.85. The molecule has 152 valence electrons. The number of rotatable bonds is 7. The van der Waals surface area contributed by atoms with Crippen LogP contribution in [0, 0.1) is 5.41 Å². The molecule has 0 spiro atoms. The fourth-order valence-corrected chi connectivity index (χ4v) is 3.66. The highest BCUT2D eigenvalue weighted by Gasteiger charge is 2.31.